The Labute approximate surface area is 94.6 Å². The largest absolute Gasteiger partial charge is 0.309 e. The Morgan fingerprint density at radius 2 is 2.00 bits per heavy atom. The number of fused-ring (bicyclic) bond motifs is 1. The zero-order valence-corrected chi connectivity index (χ0v) is 9.51. The van der Waals surface area contributed by atoms with Crippen molar-refractivity contribution in [2.75, 3.05) is 0 Å². The van der Waals surface area contributed by atoms with Gasteiger partial charge in [-0.2, -0.15) is 0 Å². The molecule has 2 nitrogen and oxygen atoms in total. The number of rotatable bonds is 1. The Hall–Kier alpha value is -1.83. The lowest BCUT2D eigenvalue weighted by atomic mass is 9.91. The van der Waals surface area contributed by atoms with Gasteiger partial charge in [0.2, 0.25) is 0 Å². The van der Waals surface area contributed by atoms with Crippen LogP contribution in [0.4, 0.5) is 0 Å². The Kier molecular flexibility index (Phi) is 1.81. The quantitative estimate of drug-likeness (QED) is 0.695. The molecule has 1 aliphatic carbocycles. The third-order valence-corrected chi connectivity index (χ3v) is 3.11. The van der Waals surface area contributed by atoms with E-state index >= 15 is 0 Å². The molecule has 0 saturated carbocycles. The molecular weight excluding hydrogens is 196 g/mol. The highest BCUT2D eigenvalue weighted by molar-refractivity contribution is 5.67. The van der Waals surface area contributed by atoms with E-state index in [1.54, 1.807) is 0 Å². The second kappa shape index (κ2) is 3.08. The van der Waals surface area contributed by atoms with E-state index in [2.05, 4.69) is 53.7 Å². The first-order valence-electron chi connectivity index (χ1n) is 5.49. The maximum atomic E-state index is 4.13. The summed E-state index contributed by atoms with van der Waals surface area (Å²) in [5, 5.41) is 2.63. The maximum absolute atomic E-state index is 4.13. The number of nitrogens with zero attached hydrogens (tertiary/aromatic N) is 2. The van der Waals surface area contributed by atoms with Crippen molar-refractivity contribution in [3.05, 3.63) is 53.4 Å². The number of aromatic nitrogens is 2. The molecule has 3 rings (SSSR count). The zero-order chi connectivity index (χ0) is 11.2. The van der Waals surface area contributed by atoms with Crippen LogP contribution >= 0.6 is 0 Å². The zero-order valence-electron chi connectivity index (χ0n) is 9.51. The van der Waals surface area contributed by atoms with Crippen LogP contribution in [0.1, 0.15) is 13.8 Å². The Morgan fingerprint density at radius 3 is 2.75 bits per heavy atom. The van der Waals surface area contributed by atoms with E-state index in [1.165, 1.54) is 16.1 Å². The highest BCUT2D eigenvalue weighted by atomic mass is 15.0. The van der Waals surface area contributed by atoms with E-state index < -0.39 is 0 Å². The van der Waals surface area contributed by atoms with Crippen molar-refractivity contribution in [2.24, 2.45) is 5.41 Å². The second-order valence-corrected chi connectivity index (χ2v) is 4.77. The fraction of sp³-hybridized carbons (Fsp3) is 0.214. The van der Waals surface area contributed by atoms with Crippen LogP contribution in [0.15, 0.2) is 43.0 Å². The van der Waals surface area contributed by atoms with Crippen molar-refractivity contribution in [3.63, 3.8) is 0 Å². The molecule has 0 radical (unpaired) electrons. The summed E-state index contributed by atoms with van der Waals surface area (Å²) in [7, 11) is 0. The molecule has 0 fully saturated rings. The summed E-state index contributed by atoms with van der Waals surface area (Å²) in [4.78, 5) is 4.13. The molecule has 1 aliphatic rings. The van der Waals surface area contributed by atoms with Crippen LogP contribution in [0.25, 0.3) is 11.8 Å². The van der Waals surface area contributed by atoms with Crippen LogP contribution in [0.5, 0.6) is 0 Å². The van der Waals surface area contributed by atoms with Crippen molar-refractivity contribution >= 4 is 11.8 Å². The van der Waals surface area contributed by atoms with Crippen LogP contribution in [-0.2, 0) is 0 Å². The molecule has 0 atom stereocenters. The molecule has 80 valence electrons. The number of imidazole rings is 1. The third kappa shape index (κ3) is 1.23. The standard InChI is InChI=1S/C14H14N2/c1-14(2)9-11-5-3-4-6-12(11)13(14)16-8-7-15-10-16/h3-10H,1-2H3. The smallest absolute Gasteiger partial charge is 0.0989 e. The molecule has 1 aromatic carbocycles. The number of benzene rings is 1. The van der Waals surface area contributed by atoms with Crippen LogP contribution in [0.2, 0.25) is 0 Å². The first-order valence-corrected chi connectivity index (χ1v) is 5.49. The van der Waals surface area contributed by atoms with Crippen LogP contribution < -0.4 is 10.4 Å². The lowest BCUT2D eigenvalue weighted by Gasteiger charge is -2.21. The monoisotopic (exact) mass is 210 g/mol. The van der Waals surface area contributed by atoms with Gasteiger partial charge in [0, 0.05) is 28.7 Å². The molecule has 16 heavy (non-hydrogen) atoms. The van der Waals surface area contributed by atoms with E-state index in [0.29, 0.717) is 0 Å². The Balaban J connectivity index is 2.43. The molecule has 2 aromatic rings. The van der Waals surface area contributed by atoms with Gasteiger partial charge < -0.3 is 4.57 Å². The van der Waals surface area contributed by atoms with E-state index in [-0.39, 0.29) is 5.41 Å². The van der Waals surface area contributed by atoms with Gasteiger partial charge >= 0.3 is 0 Å². The fourth-order valence-corrected chi connectivity index (χ4v) is 2.51. The normalized spacial score (nSPS) is 17.0. The predicted molar refractivity (Wildman–Crippen MR) is 65.0 cm³/mol. The van der Waals surface area contributed by atoms with Crippen molar-refractivity contribution in [1.82, 2.24) is 9.55 Å². The van der Waals surface area contributed by atoms with E-state index in [1.807, 2.05) is 18.7 Å². The van der Waals surface area contributed by atoms with Crippen molar-refractivity contribution in [3.8, 4) is 0 Å². The van der Waals surface area contributed by atoms with Crippen molar-refractivity contribution in [2.45, 2.75) is 13.8 Å². The summed E-state index contributed by atoms with van der Waals surface area (Å²) in [6.45, 7) is 4.48. The molecule has 0 N–H and O–H groups in total. The van der Waals surface area contributed by atoms with Gasteiger partial charge in [-0.25, -0.2) is 4.98 Å². The maximum Gasteiger partial charge on any atom is 0.0989 e. The molecule has 0 aliphatic heterocycles. The predicted octanol–water partition coefficient (Wildman–Crippen LogP) is 1.36. The van der Waals surface area contributed by atoms with E-state index in [4.69, 9.17) is 0 Å². The minimum atomic E-state index is 0.0599. The fourth-order valence-electron chi connectivity index (χ4n) is 2.51. The lowest BCUT2D eigenvalue weighted by molar-refractivity contribution is 0.659. The van der Waals surface area contributed by atoms with Gasteiger partial charge in [0.25, 0.3) is 0 Å². The topological polar surface area (TPSA) is 17.8 Å². The van der Waals surface area contributed by atoms with Crippen LogP contribution in [-0.4, -0.2) is 9.55 Å². The number of hydrogen-bond donors (Lipinski definition) is 0. The van der Waals surface area contributed by atoms with Gasteiger partial charge in [-0.3, -0.25) is 0 Å². The summed E-state index contributed by atoms with van der Waals surface area (Å²) in [6, 6.07) is 8.52. The van der Waals surface area contributed by atoms with E-state index in [0.717, 1.165) is 0 Å². The second-order valence-electron chi connectivity index (χ2n) is 4.77. The summed E-state index contributed by atoms with van der Waals surface area (Å²) in [5.74, 6) is 0. The molecule has 0 spiro atoms. The Bertz CT molecular complexity index is 634. The summed E-state index contributed by atoms with van der Waals surface area (Å²) in [5.41, 5.74) is 1.37. The lowest BCUT2D eigenvalue weighted by Crippen LogP contribution is -2.25. The highest BCUT2D eigenvalue weighted by Crippen LogP contribution is 2.31. The SMILES string of the molecule is CC1(C)C=c2ccccc2=C1n1ccnc1. The molecule has 2 heteroatoms. The van der Waals surface area contributed by atoms with Gasteiger partial charge in [-0.1, -0.05) is 44.2 Å². The van der Waals surface area contributed by atoms with Crippen LogP contribution in [0, 0.1) is 5.41 Å². The number of hydrogen-bond acceptors (Lipinski definition) is 1. The average Bonchev–Trinajstić information content (AvgIpc) is 2.80. The van der Waals surface area contributed by atoms with Gasteiger partial charge in [0.1, 0.15) is 0 Å². The third-order valence-electron chi connectivity index (χ3n) is 3.11. The molecule has 0 saturated heterocycles. The minimum absolute atomic E-state index is 0.0599. The van der Waals surface area contributed by atoms with Crippen molar-refractivity contribution in [1.29, 1.82) is 0 Å². The molecule has 1 aromatic heterocycles. The van der Waals surface area contributed by atoms with E-state index in [9.17, 15) is 0 Å². The van der Waals surface area contributed by atoms with Gasteiger partial charge in [-0.15, -0.1) is 0 Å². The molecule has 0 bridgehead atoms. The molecular formula is C14H14N2. The highest BCUT2D eigenvalue weighted by Gasteiger charge is 2.26. The molecule has 1 heterocycles. The minimum Gasteiger partial charge on any atom is -0.309 e. The van der Waals surface area contributed by atoms with Crippen molar-refractivity contribution < 1.29 is 0 Å². The average molecular weight is 210 g/mol. The Morgan fingerprint density at radius 1 is 1.19 bits per heavy atom. The summed E-state index contributed by atoms with van der Waals surface area (Å²) in [6.07, 6.45) is 8.02. The first-order chi connectivity index (χ1) is 7.68. The van der Waals surface area contributed by atoms with Gasteiger partial charge in [0.15, 0.2) is 0 Å². The van der Waals surface area contributed by atoms with Gasteiger partial charge in [-0.05, 0) is 5.22 Å². The summed E-state index contributed by atoms with van der Waals surface area (Å²) >= 11 is 0. The first kappa shape index (κ1) is 9.40. The van der Waals surface area contributed by atoms with Gasteiger partial charge in [0.05, 0.1) is 6.33 Å². The molecule has 0 unspecified atom stereocenters. The summed E-state index contributed by atoms with van der Waals surface area (Å²) < 4.78 is 2.11. The molecule has 0 amide bonds. The van der Waals surface area contributed by atoms with Crippen LogP contribution in [0.3, 0.4) is 0 Å².